The molecule has 0 spiro atoms. The van der Waals surface area contributed by atoms with E-state index < -0.39 is 16.5 Å². The van der Waals surface area contributed by atoms with Crippen LogP contribution in [0.5, 0.6) is 0 Å². The van der Waals surface area contributed by atoms with Crippen LogP contribution in [0.15, 0.2) is 14.6 Å². The standard InChI is InChI=1S/C14H18N4O4S/c1-6-8(13(20)22-5)23-11-9-10(15-7(2)16-11)17(3)14(21)18(4)12(9)19/h8H,6H2,1-5H3. The maximum atomic E-state index is 12.5. The molecule has 2 rings (SSSR count). The summed E-state index contributed by atoms with van der Waals surface area (Å²) in [4.78, 5) is 44.8. The normalized spacial score (nSPS) is 12.4. The summed E-state index contributed by atoms with van der Waals surface area (Å²) in [6, 6.07) is 0. The summed E-state index contributed by atoms with van der Waals surface area (Å²) in [7, 11) is 4.26. The summed E-state index contributed by atoms with van der Waals surface area (Å²) in [5.74, 6) is 0.0338. The topological polar surface area (TPSA) is 96.1 Å². The van der Waals surface area contributed by atoms with Gasteiger partial charge in [0, 0.05) is 14.1 Å². The molecule has 0 amide bonds. The first-order valence-corrected chi connectivity index (χ1v) is 7.88. The average Bonchev–Trinajstić information content (AvgIpc) is 2.54. The Balaban J connectivity index is 2.76. The van der Waals surface area contributed by atoms with E-state index >= 15 is 0 Å². The van der Waals surface area contributed by atoms with Gasteiger partial charge in [0.25, 0.3) is 5.56 Å². The van der Waals surface area contributed by atoms with Gasteiger partial charge in [0.2, 0.25) is 0 Å². The van der Waals surface area contributed by atoms with E-state index in [-0.39, 0.29) is 17.0 Å². The highest BCUT2D eigenvalue weighted by atomic mass is 32.2. The number of methoxy groups -OCH3 is 1. The van der Waals surface area contributed by atoms with Gasteiger partial charge in [-0.3, -0.25) is 18.7 Å². The summed E-state index contributed by atoms with van der Waals surface area (Å²) in [6.07, 6.45) is 0.522. The van der Waals surface area contributed by atoms with E-state index in [0.29, 0.717) is 17.3 Å². The third-order valence-corrected chi connectivity index (χ3v) is 4.80. The number of nitrogens with zero attached hydrogens (tertiary/aromatic N) is 4. The number of carbonyl (C=O) groups excluding carboxylic acids is 1. The third kappa shape index (κ3) is 3.00. The summed E-state index contributed by atoms with van der Waals surface area (Å²) >= 11 is 1.15. The van der Waals surface area contributed by atoms with Crippen molar-refractivity contribution in [1.29, 1.82) is 0 Å². The zero-order chi connectivity index (χ0) is 17.3. The first kappa shape index (κ1) is 17.2. The van der Waals surface area contributed by atoms with Crippen LogP contribution in [0.3, 0.4) is 0 Å². The average molecular weight is 338 g/mol. The van der Waals surface area contributed by atoms with Crippen molar-refractivity contribution < 1.29 is 9.53 Å². The molecule has 0 fully saturated rings. The van der Waals surface area contributed by atoms with Gasteiger partial charge in [-0.05, 0) is 13.3 Å². The van der Waals surface area contributed by atoms with E-state index in [4.69, 9.17) is 4.74 Å². The van der Waals surface area contributed by atoms with Crippen LogP contribution in [-0.4, -0.2) is 37.4 Å². The minimum absolute atomic E-state index is 0.229. The second-order valence-corrected chi connectivity index (χ2v) is 6.21. The smallest absolute Gasteiger partial charge is 0.332 e. The number of hydrogen-bond donors (Lipinski definition) is 0. The van der Waals surface area contributed by atoms with Crippen LogP contribution in [0.2, 0.25) is 0 Å². The number of esters is 1. The van der Waals surface area contributed by atoms with Gasteiger partial charge in [0.05, 0.1) is 7.11 Å². The molecular weight excluding hydrogens is 320 g/mol. The van der Waals surface area contributed by atoms with Crippen molar-refractivity contribution >= 4 is 28.8 Å². The summed E-state index contributed by atoms with van der Waals surface area (Å²) in [5, 5.41) is 0.118. The van der Waals surface area contributed by atoms with E-state index in [9.17, 15) is 14.4 Å². The van der Waals surface area contributed by atoms with Crippen molar-refractivity contribution in [2.75, 3.05) is 7.11 Å². The zero-order valence-electron chi connectivity index (χ0n) is 13.6. The van der Waals surface area contributed by atoms with Crippen molar-refractivity contribution in [2.45, 2.75) is 30.5 Å². The molecule has 8 nitrogen and oxygen atoms in total. The van der Waals surface area contributed by atoms with Crippen LogP contribution in [-0.2, 0) is 23.6 Å². The Morgan fingerprint density at radius 1 is 1.26 bits per heavy atom. The largest absolute Gasteiger partial charge is 0.468 e. The maximum absolute atomic E-state index is 12.5. The van der Waals surface area contributed by atoms with Gasteiger partial charge in [-0.1, -0.05) is 18.7 Å². The van der Waals surface area contributed by atoms with Crippen LogP contribution in [0, 0.1) is 6.92 Å². The molecule has 0 aliphatic heterocycles. The molecule has 2 aromatic heterocycles. The number of thioether (sulfide) groups is 1. The highest BCUT2D eigenvalue weighted by Gasteiger charge is 2.23. The summed E-state index contributed by atoms with van der Waals surface area (Å²) in [5.41, 5.74) is -0.685. The molecular formula is C14H18N4O4S. The number of fused-ring (bicyclic) bond motifs is 1. The molecule has 2 heterocycles. The fourth-order valence-corrected chi connectivity index (χ4v) is 3.29. The molecule has 0 saturated carbocycles. The molecule has 0 radical (unpaired) electrons. The Kier molecular flexibility index (Phi) is 4.88. The molecule has 1 atom stereocenters. The number of aromatic nitrogens is 4. The van der Waals surface area contributed by atoms with Gasteiger partial charge in [0.1, 0.15) is 21.5 Å². The van der Waals surface area contributed by atoms with Crippen LogP contribution in [0.4, 0.5) is 0 Å². The second kappa shape index (κ2) is 6.53. The van der Waals surface area contributed by atoms with Crippen molar-refractivity contribution in [3.05, 3.63) is 26.7 Å². The Bertz CT molecular complexity index is 887. The molecule has 23 heavy (non-hydrogen) atoms. The first-order valence-electron chi connectivity index (χ1n) is 7.00. The fourth-order valence-electron chi connectivity index (χ4n) is 2.18. The van der Waals surface area contributed by atoms with Gasteiger partial charge >= 0.3 is 11.7 Å². The molecule has 0 saturated heterocycles. The van der Waals surface area contributed by atoms with E-state index in [0.717, 1.165) is 16.3 Å². The number of ether oxygens (including phenoxy) is 1. The van der Waals surface area contributed by atoms with E-state index in [1.165, 1.54) is 18.7 Å². The van der Waals surface area contributed by atoms with Crippen LogP contribution in [0.25, 0.3) is 11.0 Å². The SMILES string of the molecule is CCC(Sc1nc(C)nc2c1c(=O)n(C)c(=O)n2C)C(=O)OC. The van der Waals surface area contributed by atoms with Crippen LogP contribution in [0.1, 0.15) is 19.2 Å². The van der Waals surface area contributed by atoms with E-state index in [2.05, 4.69) is 9.97 Å². The fraction of sp³-hybridized carbons (Fsp3) is 0.500. The highest BCUT2D eigenvalue weighted by molar-refractivity contribution is 8.00. The first-order chi connectivity index (χ1) is 10.8. The lowest BCUT2D eigenvalue weighted by molar-refractivity contribution is -0.140. The predicted octanol–water partition coefficient (Wildman–Crippen LogP) is 0.379. The van der Waals surface area contributed by atoms with Crippen LogP contribution < -0.4 is 11.2 Å². The van der Waals surface area contributed by atoms with Gasteiger partial charge in [-0.15, -0.1) is 0 Å². The number of aryl methyl sites for hydroxylation is 2. The molecule has 2 aromatic rings. The highest BCUT2D eigenvalue weighted by Crippen LogP contribution is 2.28. The van der Waals surface area contributed by atoms with Crippen molar-refractivity contribution in [2.24, 2.45) is 14.1 Å². The predicted molar refractivity (Wildman–Crippen MR) is 86.7 cm³/mol. The third-order valence-electron chi connectivity index (χ3n) is 3.47. The molecule has 0 aromatic carbocycles. The Morgan fingerprint density at radius 3 is 2.48 bits per heavy atom. The molecule has 124 valence electrons. The van der Waals surface area contributed by atoms with Gasteiger partial charge in [-0.25, -0.2) is 14.8 Å². The van der Waals surface area contributed by atoms with Gasteiger partial charge < -0.3 is 4.74 Å². The van der Waals surface area contributed by atoms with Gasteiger partial charge in [0.15, 0.2) is 5.65 Å². The number of hydrogen-bond acceptors (Lipinski definition) is 7. The second-order valence-electron chi connectivity index (χ2n) is 5.02. The van der Waals surface area contributed by atoms with Crippen molar-refractivity contribution in [3.63, 3.8) is 0 Å². The Morgan fingerprint density at radius 2 is 1.91 bits per heavy atom. The molecule has 0 bridgehead atoms. The zero-order valence-corrected chi connectivity index (χ0v) is 14.4. The lowest BCUT2D eigenvalue weighted by Crippen LogP contribution is -2.38. The van der Waals surface area contributed by atoms with Gasteiger partial charge in [-0.2, -0.15) is 0 Å². The summed E-state index contributed by atoms with van der Waals surface area (Å²) in [6.45, 7) is 3.52. The molecule has 0 aliphatic rings. The molecule has 0 aliphatic carbocycles. The minimum atomic E-state index is -0.487. The number of carbonyl (C=O) groups is 1. The lowest BCUT2D eigenvalue weighted by Gasteiger charge is -2.14. The van der Waals surface area contributed by atoms with Crippen molar-refractivity contribution in [1.82, 2.24) is 19.1 Å². The summed E-state index contributed by atoms with van der Waals surface area (Å²) < 4.78 is 7.08. The number of rotatable bonds is 4. The molecule has 0 N–H and O–H groups in total. The Labute approximate surface area is 136 Å². The van der Waals surface area contributed by atoms with E-state index in [1.54, 1.807) is 14.0 Å². The Hall–Kier alpha value is -2.16. The lowest BCUT2D eigenvalue weighted by atomic mass is 10.3. The van der Waals surface area contributed by atoms with Crippen molar-refractivity contribution in [3.8, 4) is 0 Å². The maximum Gasteiger partial charge on any atom is 0.332 e. The quantitative estimate of drug-likeness (QED) is 0.452. The molecule has 1 unspecified atom stereocenters. The molecule has 9 heteroatoms. The minimum Gasteiger partial charge on any atom is -0.468 e. The monoisotopic (exact) mass is 338 g/mol. The van der Waals surface area contributed by atoms with E-state index in [1.807, 2.05) is 6.92 Å². The van der Waals surface area contributed by atoms with Crippen LogP contribution >= 0.6 is 11.8 Å².